The van der Waals surface area contributed by atoms with Crippen LogP contribution in [0.4, 0.5) is 11.6 Å². The van der Waals surface area contributed by atoms with Crippen molar-refractivity contribution in [3.63, 3.8) is 0 Å². The highest BCUT2D eigenvalue weighted by Gasteiger charge is 2.33. The minimum atomic E-state index is -0.132. The zero-order chi connectivity index (χ0) is 20.3. The first kappa shape index (κ1) is 24.9. The highest BCUT2D eigenvalue weighted by Crippen LogP contribution is 2.27. The Morgan fingerprint density at radius 3 is 2.65 bits per heavy atom. The summed E-state index contributed by atoms with van der Waals surface area (Å²) >= 11 is 0. The molecule has 0 saturated carbocycles. The standard InChI is InChI=1S/C22H30N6O.CH4.ClH/c1-16(2)18-12-26-28-20(24-11-17-6-4-3-5-7-17)10-19(27-21(18)28)25-14-22(15-29)8-9-23-13-22;;/h3-7,10,12,16,23-24,29H,8-9,11,13-15H2,1-2H3,(H,25,27);1H4;1H/t22-;;/m1../s1. The molecular formula is C23H35ClN6O. The first-order valence-corrected chi connectivity index (χ1v) is 10.3. The van der Waals surface area contributed by atoms with Crippen LogP contribution in [-0.4, -0.2) is 45.9 Å². The number of hydrogen-bond donors (Lipinski definition) is 4. The molecule has 1 aromatic carbocycles. The molecule has 3 heterocycles. The van der Waals surface area contributed by atoms with Gasteiger partial charge in [0.2, 0.25) is 0 Å². The number of nitrogens with one attached hydrogen (secondary N) is 3. The Bertz CT molecular complexity index is 953. The Morgan fingerprint density at radius 2 is 2.00 bits per heavy atom. The summed E-state index contributed by atoms with van der Waals surface area (Å²) in [5.41, 5.74) is 3.06. The molecule has 170 valence electrons. The van der Waals surface area contributed by atoms with Gasteiger partial charge in [0, 0.05) is 36.7 Å². The highest BCUT2D eigenvalue weighted by molar-refractivity contribution is 5.85. The van der Waals surface area contributed by atoms with Crippen LogP contribution in [0.3, 0.4) is 0 Å². The van der Waals surface area contributed by atoms with Crippen LogP contribution in [0.5, 0.6) is 0 Å². The average Bonchev–Trinajstić information content (AvgIpc) is 3.39. The zero-order valence-electron chi connectivity index (χ0n) is 17.6. The van der Waals surface area contributed by atoms with E-state index in [1.54, 1.807) is 0 Å². The van der Waals surface area contributed by atoms with E-state index in [9.17, 15) is 5.11 Å². The number of benzene rings is 1. The second-order valence-corrected chi connectivity index (χ2v) is 8.29. The molecule has 0 spiro atoms. The smallest absolute Gasteiger partial charge is 0.163 e. The number of hydrogen-bond acceptors (Lipinski definition) is 6. The summed E-state index contributed by atoms with van der Waals surface area (Å²) in [6.45, 7) is 7.63. The number of aromatic nitrogens is 3. The predicted molar refractivity (Wildman–Crippen MR) is 130 cm³/mol. The number of nitrogens with zero attached hydrogens (tertiary/aromatic N) is 3. The molecule has 8 heteroatoms. The molecule has 1 atom stereocenters. The van der Waals surface area contributed by atoms with Crippen LogP contribution in [0.15, 0.2) is 42.6 Å². The van der Waals surface area contributed by atoms with Crippen molar-refractivity contribution in [2.45, 2.75) is 40.2 Å². The Morgan fingerprint density at radius 1 is 1.23 bits per heavy atom. The molecule has 1 aliphatic rings. The zero-order valence-corrected chi connectivity index (χ0v) is 18.4. The number of aliphatic hydroxyl groups excluding tert-OH is 1. The topological polar surface area (TPSA) is 86.5 Å². The van der Waals surface area contributed by atoms with Gasteiger partial charge in [-0.15, -0.1) is 12.4 Å². The van der Waals surface area contributed by atoms with Crippen LogP contribution in [0.1, 0.15) is 44.7 Å². The highest BCUT2D eigenvalue weighted by atomic mass is 35.5. The van der Waals surface area contributed by atoms with Crippen LogP contribution in [0.25, 0.3) is 5.65 Å². The lowest BCUT2D eigenvalue weighted by Crippen LogP contribution is -2.35. The van der Waals surface area contributed by atoms with E-state index >= 15 is 0 Å². The van der Waals surface area contributed by atoms with Crippen molar-refractivity contribution >= 4 is 29.7 Å². The number of rotatable bonds is 8. The van der Waals surface area contributed by atoms with Crippen molar-refractivity contribution in [3.8, 4) is 0 Å². The fourth-order valence-electron chi connectivity index (χ4n) is 3.81. The molecule has 0 aliphatic carbocycles. The SMILES string of the molecule is C.CC(C)c1cnn2c(NCc3ccccc3)cc(NC[C@@]3(CO)CCNC3)nc12.Cl. The van der Waals surface area contributed by atoms with E-state index in [2.05, 4.69) is 47.0 Å². The van der Waals surface area contributed by atoms with Crippen LogP contribution < -0.4 is 16.0 Å². The molecule has 4 rings (SSSR count). The number of halogens is 1. The molecule has 1 fully saturated rings. The molecule has 1 aliphatic heterocycles. The maximum absolute atomic E-state index is 9.89. The summed E-state index contributed by atoms with van der Waals surface area (Å²) in [7, 11) is 0. The summed E-state index contributed by atoms with van der Waals surface area (Å²) in [6, 6.07) is 12.3. The van der Waals surface area contributed by atoms with E-state index in [0.29, 0.717) is 19.0 Å². The number of fused-ring (bicyclic) bond motifs is 1. The van der Waals surface area contributed by atoms with Crippen molar-refractivity contribution in [2.24, 2.45) is 5.41 Å². The van der Waals surface area contributed by atoms with Gasteiger partial charge < -0.3 is 21.1 Å². The van der Waals surface area contributed by atoms with E-state index in [1.807, 2.05) is 35.0 Å². The predicted octanol–water partition coefficient (Wildman–Crippen LogP) is 3.91. The van der Waals surface area contributed by atoms with Crippen LogP contribution in [0, 0.1) is 5.41 Å². The average molecular weight is 447 g/mol. The molecule has 0 amide bonds. The molecule has 0 bridgehead atoms. The third-order valence-corrected chi connectivity index (χ3v) is 5.75. The van der Waals surface area contributed by atoms with Crippen molar-refractivity contribution < 1.29 is 5.11 Å². The first-order valence-electron chi connectivity index (χ1n) is 10.3. The maximum Gasteiger partial charge on any atom is 0.163 e. The van der Waals surface area contributed by atoms with Gasteiger partial charge in [-0.25, -0.2) is 4.98 Å². The van der Waals surface area contributed by atoms with Crippen LogP contribution in [0.2, 0.25) is 0 Å². The lowest BCUT2D eigenvalue weighted by Gasteiger charge is -2.26. The summed E-state index contributed by atoms with van der Waals surface area (Å²) in [4.78, 5) is 4.85. The maximum atomic E-state index is 9.89. The minimum Gasteiger partial charge on any atom is -0.396 e. The lowest BCUT2D eigenvalue weighted by molar-refractivity contribution is 0.154. The van der Waals surface area contributed by atoms with Gasteiger partial charge in [-0.3, -0.25) is 0 Å². The molecular weight excluding hydrogens is 412 g/mol. The van der Waals surface area contributed by atoms with E-state index in [-0.39, 0.29) is 31.9 Å². The van der Waals surface area contributed by atoms with E-state index in [4.69, 9.17) is 4.98 Å². The van der Waals surface area contributed by atoms with Crippen molar-refractivity contribution in [1.29, 1.82) is 0 Å². The number of aliphatic hydroxyl groups is 1. The second-order valence-electron chi connectivity index (χ2n) is 8.29. The van der Waals surface area contributed by atoms with E-state index in [1.165, 1.54) is 5.56 Å². The van der Waals surface area contributed by atoms with Crippen LogP contribution >= 0.6 is 12.4 Å². The summed E-state index contributed by atoms with van der Waals surface area (Å²) in [6.07, 6.45) is 2.86. The second kappa shape index (κ2) is 10.8. The summed E-state index contributed by atoms with van der Waals surface area (Å²) in [5, 5.41) is 24.8. The Balaban J connectivity index is 0.00000171. The monoisotopic (exact) mass is 446 g/mol. The summed E-state index contributed by atoms with van der Waals surface area (Å²) < 4.78 is 1.88. The quantitative estimate of drug-likeness (QED) is 0.419. The van der Waals surface area contributed by atoms with E-state index in [0.717, 1.165) is 42.4 Å². The normalized spacial score (nSPS) is 17.9. The minimum absolute atomic E-state index is 0. The van der Waals surface area contributed by atoms with Gasteiger partial charge in [0.15, 0.2) is 5.65 Å². The van der Waals surface area contributed by atoms with Gasteiger partial charge >= 0.3 is 0 Å². The van der Waals surface area contributed by atoms with Crippen molar-refractivity contribution in [1.82, 2.24) is 19.9 Å². The van der Waals surface area contributed by atoms with Gasteiger partial charge in [-0.05, 0) is 24.4 Å². The molecule has 7 nitrogen and oxygen atoms in total. The van der Waals surface area contributed by atoms with Gasteiger partial charge in [0.05, 0.1) is 12.8 Å². The molecule has 3 aromatic rings. The molecule has 31 heavy (non-hydrogen) atoms. The van der Waals surface area contributed by atoms with Gasteiger partial charge in [0.1, 0.15) is 11.6 Å². The van der Waals surface area contributed by atoms with Gasteiger partial charge in [-0.1, -0.05) is 51.6 Å². The fraction of sp³-hybridized carbons (Fsp3) is 0.478. The van der Waals surface area contributed by atoms with Gasteiger partial charge in [-0.2, -0.15) is 9.61 Å². The fourth-order valence-corrected chi connectivity index (χ4v) is 3.81. The number of anilines is 2. The van der Waals surface area contributed by atoms with Crippen molar-refractivity contribution in [3.05, 3.63) is 53.7 Å². The Labute approximate surface area is 191 Å². The molecule has 2 aromatic heterocycles. The Kier molecular flexibility index (Phi) is 8.68. The molecule has 0 unspecified atom stereocenters. The Hall–Kier alpha value is -2.35. The summed E-state index contributed by atoms with van der Waals surface area (Å²) in [5.74, 6) is 2.03. The van der Waals surface area contributed by atoms with Crippen LogP contribution in [-0.2, 0) is 6.54 Å². The molecule has 4 N–H and O–H groups in total. The third kappa shape index (κ3) is 5.47. The van der Waals surface area contributed by atoms with E-state index < -0.39 is 0 Å². The third-order valence-electron chi connectivity index (χ3n) is 5.75. The van der Waals surface area contributed by atoms with Crippen molar-refractivity contribution in [2.75, 3.05) is 36.9 Å². The van der Waals surface area contributed by atoms with Gasteiger partial charge in [0.25, 0.3) is 0 Å². The molecule has 0 radical (unpaired) electrons. The molecule has 1 saturated heterocycles. The first-order chi connectivity index (χ1) is 14.1. The largest absolute Gasteiger partial charge is 0.396 e. The lowest BCUT2D eigenvalue weighted by atomic mass is 9.88.